The van der Waals surface area contributed by atoms with Gasteiger partial charge in [0, 0.05) is 11.8 Å². The number of aromatic nitrogens is 1. The Bertz CT molecular complexity index is 774. The predicted molar refractivity (Wildman–Crippen MR) is 90.2 cm³/mol. The van der Waals surface area contributed by atoms with Gasteiger partial charge in [0.2, 0.25) is 0 Å². The Morgan fingerprint density at radius 2 is 1.65 bits per heavy atom. The van der Waals surface area contributed by atoms with E-state index in [9.17, 15) is 4.79 Å². The number of carbonyl (C=O) groups excluding carboxylic acids is 1. The van der Waals surface area contributed by atoms with Crippen LogP contribution in [-0.4, -0.2) is 17.5 Å². The molecule has 0 unspecified atom stereocenters. The van der Waals surface area contributed by atoms with Gasteiger partial charge in [-0.25, -0.2) is 4.98 Å². The minimum absolute atomic E-state index is 0.0690. The molecule has 0 aliphatic rings. The largest absolute Gasteiger partial charge is 0.483 e. The highest BCUT2D eigenvalue weighted by molar-refractivity contribution is 5.91. The maximum Gasteiger partial charge on any atom is 0.263 e. The van der Waals surface area contributed by atoms with Gasteiger partial charge in [0.15, 0.2) is 6.61 Å². The molecular weight excluding hydrogens is 288 g/mol. The Kier molecular flexibility index (Phi) is 4.64. The first kappa shape index (κ1) is 14.8. The zero-order valence-corrected chi connectivity index (χ0v) is 12.5. The number of amides is 1. The fraction of sp³-hybridized carbons (Fsp3) is 0.0526. The molecule has 0 aliphatic heterocycles. The van der Waals surface area contributed by atoms with Crippen molar-refractivity contribution in [3.05, 3.63) is 79.0 Å². The molecule has 2 aromatic carbocycles. The van der Waals surface area contributed by atoms with Crippen molar-refractivity contribution in [3.8, 4) is 16.9 Å². The van der Waals surface area contributed by atoms with Gasteiger partial charge in [-0.3, -0.25) is 4.79 Å². The molecule has 4 heteroatoms. The monoisotopic (exact) mass is 304 g/mol. The fourth-order valence-corrected chi connectivity index (χ4v) is 2.21. The number of anilines is 1. The first-order valence-electron chi connectivity index (χ1n) is 7.31. The van der Waals surface area contributed by atoms with Gasteiger partial charge in [0.05, 0.1) is 0 Å². The summed E-state index contributed by atoms with van der Waals surface area (Å²) in [6.45, 7) is -0.0690. The number of hydrogen-bond donors (Lipinski definition) is 1. The van der Waals surface area contributed by atoms with Crippen molar-refractivity contribution in [2.24, 2.45) is 0 Å². The summed E-state index contributed by atoms with van der Waals surface area (Å²) < 4.78 is 5.69. The predicted octanol–water partition coefficient (Wildman–Crippen LogP) is 3.77. The summed E-state index contributed by atoms with van der Waals surface area (Å²) in [5.74, 6) is 0.943. The summed E-state index contributed by atoms with van der Waals surface area (Å²) in [6.07, 6.45) is 1.63. The highest BCUT2D eigenvalue weighted by atomic mass is 16.5. The first-order valence-corrected chi connectivity index (χ1v) is 7.31. The van der Waals surface area contributed by atoms with Gasteiger partial charge in [-0.2, -0.15) is 0 Å². The van der Waals surface area contributed by atoms with Crippen LogP contribution in [0.1, 0.15) is 0 Å². The van der Waals surface area contributed by atoms with Crippen LogP contribution in [0.15, 0.2) is 79.0 Å². The Balaban J connectivity index is 1.68. The van der Waals surface area contributed by atoms with Crippen molar-refractivity contribution in [3.63, 3.8) is 0 Å². The number of nitrogens with zero attached hydrogens (tertiary/aromatic N) is 1. The van der Waals surface area contributed by atoms with E-state index in [1.807, 2.05) is 60.7 Å². The van der Waals surface area contributed by atoms with Crippen molar-refractivity contribution in [2.45, 2.75) is 0 Å². The molecule has 0 atom stereocenters. The number of carbonyl (C=O) groups is 1. The molecule has 4 nitrogen and oxygen atoms in total. The number of pyridine rings is 1. The molecule has 0 fully saturated rings. The molecule has 0 spiro atoms. The third-order valence-electron chi connectivity index (χ3n) is 3.26. The number of nitrogens with one attached hydrogen (secondary N) is 1. The number of para-hydroxylation sites is 1. The number of benzene rings is 2. The maximum atomic E-state index is 12.0. The van der Waals surface area contributed by atoms with Crippen LogP contribution in [0.5, 0.6) is 5.75 Å². The molecule has 0 radical (unpaired) electrons. The highest BCUT2D eigenvalue weighted by Gasteiger charge is 2.08. The molecule has 0 bridgehead atoms. The lowest BCUT2D eigenvalue weighted by Crippen LogP contribution is -2.20. The zero-order chi connectivity index (χ0) is 15.9. The van der Waals surface area contributed by atoms with E-state index in [1.165, 1.54) is 0 Å². The summed E-state index contributed by atoms with van der Waals surface area (Å²) in [6, 6.07) is 22.9. The molecule has 114 valence electrons. The van der Waals surface area contributed by atoms with Gasteiger partial charge in [-0.05, 0) is 23.8 Å². The summed E-state index contributed by atoms with van der Waals surface area (Å²) in [4.78, 5) is 16.0. The molecule has 0 saturated carbocycles. The molecule has 1 heterocycles. The van der Waals surface area contributed by atoms with Crippen LogP contribution in [-0.2, 0) is 4.79 Å². The second-order valence-electron chi connectivity index (χ2n) is 4.91. The van der Waals surface area contributed by atoms with E-state index in [0.29, 0.717) is 11.6 Å². The van der Waals surface area contributed by atoms with Crippen LogP contribution >= 0.6 is 0 Å². The SMILES string of the molecule is O=C(COc1ccccc1-c1ccccc1)Nc1ccccn1. The second-order valence-corrected chi connectivity index (χ2v) is 4.91. The smallest absolute Gasteiger partial charge is 0.263 e. The Labute approximate surface area is 134 Å². The summed E-state index contributed by atoms with van der Waals surface area (Å²) in [5, 5.41) is 2.70. The second kappa shape index (κ2) is 7.22. The molecule has 23 heavy (non-hydrogen) atoms. The molecule has 1 amide bonds. The molecule has 0 saturated heterocycles. The average molecular weight is 304 g/mol. The van der Waals surface area contributed by atoms with E-state index in [4.69, 9.17) is 4.74 Å². The number of ether oxygens (including phenoxy) is 1. The van der Waals surface area contributed by atoms with Crippen molar-refractivity contribution >= 4 is 11.7 Å². The van der Waals surface area contributed by atoms with Gasteiger partial charge >= 0.3 is 0 Å². The Morgan fingerprint density at radius 1 is 0.913 bits per heavy atom. The van der Waals surface area contributed by atoms with Gasteiger partial charge in [-0.15, -0.1) is 0 Å². The van der Waals surface area contributed by atoms with E-state index >= 15 is 0 Å². The van der Waals surface area contributed by atoms with Gasteiger partial charge in [0.1, 0.15) is 11.6 Å². The van der Waals surface area contributed by atoms with E-state index in [-0.39, 0.29) is 12.5 Å². The summed E-state index contributed by atoms with van der Waals surface area (Å²) in [7, 11) is 0. The number of hydrogen-bond acceptors (Lipinski definition) is 3. The molecular formula is C19H16N2O2. The van der Waals surface area contributed by atoms with Crippen molar-refractivity contribution in [1.29, 1.82) is 0 Å². The van der Waals surface area contributed by atoms with Gasteiger partial charge in [0.25, 0.3) is 5.91 Å². The Hall–Kier alpha value is -3.14. The van der Waals surface area contributed by atoms with E-state index in [1.54, 1.807) is 18.3 Å². The number of rotatable bonds is 5. The third-order valence-corrected chi connectivity index (χ3v) is 3.26. The van der Waals surface area contributed by atoms with Gasteiger partial charge < -0.3 is 10.1 Å². The quantitative estimate of drug-likeness (QED) is 0.780. The van der Waals surface area contributed by atoms with Crippen molar-refractivity contribution < 1.29 is 9.53 Å². The van der Waals surface area contributed by atoms with Crippen molar-refractivity contribution in [1.82, 2.24) is 4.98 Å². The summed E-state index contributed by atoms with van der Waals surface area (Å²) in [5.41, 5.74) is 2.01. The van der Waals surface area contributed by atoms with Crippen LogP contribution < -0.4 is 10.1 Å². The van der Waals surface area contributed by atoms with Crippen molar-refractivity contribution in [2.75, 3.05) is 11.9 Å². The first-order chi connectivity index (χ1) is 11.3. The summed E-state index contributed by atoms with van der Waals surface area (Å²) >= 11 is 0. The minimum Gasteiger partial charge on any atom is -0.483 e. The van der Waals surface area contributed by atoms with Crippen LogP contribution in [0.25, 0.3) is 11.1 Å². The topological polar surface area (TPSA) is 51.2 Å². The van der Waals surface area contributed by atoms with Crippen LogP contribution in [0.4, 0.5) is 5.82 Å². The lowest BCUT2D eigenvalue weighted by atomic mass is 10.1. The maximum absolute atomic E-state index is 12.0. The Morgan fingerprint density at radius 3 is 2.43 bits per heavy atom. The van der Waals surface area contributed by atoms with Crippen LogP contribution in [0.3, 0.4) is 0 Å². The minimum atomic E-state index is -0.244. The van der Waals surface area contributed by atoms with E-state index in [2.05, 4.69) is 10.3 Å². The van der Waals surface area contributed by atoms with Gasteiger partial charge in [-0.1, -0.05) is 54.6 Å². The molecule has 3 aromatic rings. The molecule has 0 aliphatic carbocycles. The fourth-order valence-electron chi connectivity index (χ4n) is 2.21. The van der Waals surface area contributed by atoms with Crippen LogP contribution in [0, 0.1) is 0 Å². The highest BCUT2D eigenvalue weighted by Crippen LogP contribution is 2.29. The lowest BCUT2D eigenvalue weighted by Gasteiger charge is -2.11. The van der Waals surface area contributed by atoms with E-state index < -0.39 is 0 Å². The normalized spacial score (nSPS) is 10.1. The average Bonchev–Trinajstić information content (AvgIpc) is 2.62. The zero-order valence-electron chi connectivity index (χ0n) is 12.5. The molecule has 1 N–H and O–H groups in total. The standard InChI is InChI=1S/C19H16N2O2/c22-19(21-18-12-6-7-13-20-18)14-23-17-11-5-4-10-16(17)15-8-2-1-3-9-15/h1-13H,14H2,(H,20,21,22). The van der Waals surface area contributed by atoms with Crippen LogP contribution in [0.2, 0.25) is 0 Å². The third kappa shape index (κ3) is 3.95. The van der Waals surface area contributed by atoms with E-state index in [0.717, 1.165) is 11.1 Å². The lowest BCUT2D eigenvalue weighted by molar-refractivity contribution is -0.118. The molecule has 1 aromatic heterocycles. The molecule has 3 rings (SSSR count).